The molecule has 0 radical (unpaired) electrons. The third kappa shape index (κ3) is 5.96. The van der Waals surface area contributed by atoms with Crippen molar-refractivity contribution in [3.05, 3.63) is 5.32 Å². The molecule has 1 nitrogen and oxygen atoms in total. The van der Waals surface area contributed by atoms with E-state index in [2.05, 4.69) is 26.1 Å². The molecule has 0 aliphatic rings. The van der Waals surface area contributed by atoms with Crippen molar-refractivity contribution in [2.75, 3.05) is 6.54 Å². The van der Waals surface area contributed by atoms with Crippen molar-refractivity contribution in [2.24, 2.45) is 0 Å². The van der Waals surface area contributed by atoms with Gasteiger partial charge < -0.3 is 5.32 Å². The predicted octanol–water partition coefficient (Wildman–Crippen LogP) is 2.18. The van der Waals surface area contributed by atoms with Gasteiger partial charge in [0.15, 0.2) is 0 Å². The zero-order valence-corrected chi connectivity index (χ0v) is 5.44. The quantitative estimate of drug-likeness (QED) is 0.516. The van der Waals surface area contributed by atoms with Crippen molar-refractivity contribution in [1.82, 2.24) is 0 Å². The highest BCUT2D eigenvalue weighted by molar-refractivity contribution is 4.82. The first-order chi connectivity index (χ1) is 3.27. The van der Waals surface area contributed by atoms with Crippen LogP contribution in [0.1, 0.15) is 27.2 Å². The lowest BCUT2D eigenvalue weighted by Crippen LogP contribution is -1.93. The Balaban J connectivity index is 2.68. The SMILES string of the molecule is CCC[N-]C(C)C. The average Bonchev–Trinajstić information content (AvgIpc) is 1.61. The van der Waals surface area contributed by atoms with Gasteiger partial charge in [0, 0.05) is 0 Å². The highest BCUT2D eigenvalue weighted by Crippen LogP contribution is 1.96. The fraction of sp³-hybridized carbons (Fsp3) is 1.00. The summed E-state index contributed by atoms with van der Waals surface area (Å²) in [5, 5.41) is 4.24. The van der Waals surface area contributed by atoms with E-state index in [0.717, 1.165) is 6.54 Å². The second-order valence-electron chi connectivity index (χ2n) is 2.00. The van der Waals surface area contributed by atoms with Crippen LogP contribution in [-0.4, -0.2) is 12.6 Å². The minimum atomic E-state index is 0.528. The lowest BCUT2D eigenvalue weighted by Gasteiger charge is -2.22. The summed E-state index contributed by atoms with van der Waals surface area (Å²) in [7, 11) is 0. The van der Waals surface area contributed by atoms with Crippen LogP contribution in [0.15, 0.2) is 0 Å². The first-order valence-corrected chi connectivity index (χ1v) is 2.94. The average molecular weight is 100 g/mol. The van der Waals surface area contributed by atoms with E-state index in [1.165, 1.54) is 6.42 Å². The lowest BCUT2D eigenvalue weighted by molar-refractivity contribution is 0.846. The van der Waals surface area contributed by atoms with Crippen molar-refractivity contribution in [2.45, 2.75) is 33.2 Å². The summed E-state index contributed by atoms with van der Waals surface area (Å²) in [6.45, 7) is 7.38. The molecule has 0 atom stereocenters. The number of hydrogen-bond donors (Lipinski definition) is 0. The van der Waals surface area contributed by atoms with E-state index in [4.69, 9.17) is 0 Å². The molecular weight excluding hydrogens is 86.1 g/mol. The van der Waals surface area contributed by atoms with Gasteiger partial charge in [0.25, 0.3) is 0 Å². The molecular formula is C6H14N-. The number of nitrogens with zero attached hydrogens (tertiary/aromatic N) is 1. The van der Waals surface area contributed by atoms with Gasteiger partial charge in [0.2, 0.25) is 0 Å². The van der Waals surface area contributed by atoms with E-state index < -0.39 is 0 Å². The van der Waals surface area contributed by atoms with Gasteiger partial charge in [0.1, 0.15) is 0 Å². The fourth-order valence-corrected chi connectivity index (χ4v) is 0.387. The summed E-state index contributed by atoms with van der Waals surface area (Å²) in [4.78, 5) is 0. The van der Waals surface area contributed by atoms with Gasteiger partial charge >= 0.3 is 0 Å². The molecule has 7 heavy (non-hydrogen) atoms. The Hall–Kier alpha value is -0.0400. The highest BCUT2D eigenvalue weighted by Gasteiger charge is 1.70. The summed E-state index contributed by atoms with van der Waals surface area (Å²) in [5.41, 5.74) is 0. The maximum Gasteiger partial charge on any atom is -0.0670 e. The summed E-state index contributed by atoms with van der Waals surface area (Å²) in [6.07, 6.45) is 1.18. The zero-order valence-electron chi connectivity index (χ0n) is 5.44. The van der Waals surface area contributed by atoms with Gasteiger partial charge in [-0.05, 0) is 0 Å². The molecule has 0 unspecified atom stereocenters. The Morgan fingerprint density at radius 3 is 2.14 bits per heavy atom. The van der Waals surface area contributed by atoms with E-state index in [1.807, 2.05) is 0 Å². The second-order valence-corrected chi connectivity index (χ2v) is 2.00. The molecule has 0 bridgehead atoms. The molecule has 0 rings (SSSR count). The molecule has 0 aromatic heterocycles. The van der Waals surface area contributed by atoms with E-state index >= 15 is 0 Å². The van der Waals surface area contributed by atoms with E-state index in [-0.39, 0.29) is 0 Å². The van der Waals surface area contributed by atoms with Crippen molar-refractivity contribution >= 4 is 0 Å². The Bertz CT molecular complexity index is 33.2. The van der Waals surface area contributed by atoms with Crippen LogP contribution in [0.2, 0.25) is 0 Å². The van der Waals surface area contributed by atoms with Crippen LogP contribution in [0, 0.1) is 0 Å². The number of rotatable bonds is 3. The van der Waals surface area contributed by atoms with Crippen molar-refractivity contribution < 1.29 is 0 Å². The van der Waals surface area contributed by atoms with Gasteiger partial charge in [-0.1, -0.05) is 27.2 Å². The molecule has 0 aliphatic heterocycles. The Labute approximate surface area is 46.1 Å². The van der Waals surface area contributed by atoms with Gasteiger partial charge in [-0.3, -0.25) is 0 Å². The summed E-state index contributed by atoms with van der Waals surface area (Å²) in [5.74, 6) is 0. The standard InChI is InChI=1S/C6H14N/c1-4-5-7-6(2)3/h6H,4-5H2,1-3H3/q-1. The van der Waals surface area contributed by atoms with Gasteiger partial charge in [-0.15, -0.1) is 12.6 Å². The normalized spacial score (nSPS) is 10.3. The molecule has 0 N–H and O–H groups in total. The molecule has 0 saturated heterocycles. The van der Waals surface area contributed by atoms with E-state index in [9.17, 15) is 0 Å². The largest absolute Gasteiger partial charge is 0.660 e. The minimum absolute atomic E-state index is 0.528. The van der Waals surface area contributed by atoms with Crippen LogP contribution >= 0.6 is 0 Å². The Kier molecular flexibility index (Phi) is 4.10. The maximum absolute atomic E-state index is 4.24. The predicted molar refractivity (Wildman–Crippen MR) is 33.7 cm³/mol. The third-order valence-corrected chi connectivity index (χ3v) is 0.718. The van der Waals surface area contributed by atoms with Gasteiger partial charge in [0.05, 0.1) is 0 Å². The van der Waals surface area contributed by atoms with Crippen molar-refractivity contribution in [1.29, 1.82) is 0 Å². The molecule has 0 amide bonds. The van der Waals surface area contributed by atoms with E-state index in [0.29, 0.717) is 6.04 Å². The number of hydrogen-bond acceptors (Lipinski definition) is 0. The molecule has 0 aromatic rings. The minimum Gasteiger partial charge on any atom is -0.660 e. The molecule has 0 aromatic carbocycles. The van der Waals surface area contributed by atoms with Crippen LogP contribution in [0.3, 0.4) is 0 Å². The summed E-state index contributed by atoms with van der Waals surface area (Å²) < 4.78 is 0. The first-order valence-electron chi connectivity index (χ1n) is 2.94. The summed E-state index contributed by atoms with van der Waals surface area (Å²) >= 11 is 0. The van der Waals surface area contributed by atoms with Crippen LogP contribution in [0.5, 0.6) is 0 Å². The zero-order chi connectivity index (χ0) is 5.70. The molecule has 0 spiro atoms. The van der Waals surface area contributed by atoms with Crippen LogP contribution < -0.4 is 0 Å². The molecule has 0 heterocycles. The Morgan fingerprint density at radius 2 is 2.00 bits per heavy atom. The van der Waals surface area contributed by atoms with Gasteiger partial charge in [-0.2, -0.15) is 0 Å². The second kappa shape index (κ2) is 4.13. The fourth-order valence-electron chi connectivity index (χ4n) is 0.387. The maximum atomic E-state index is 4.24. The Morgan fingerprint density at radius 1 is 1.43 bits per heavy atom. The van der Waals surface area contributed by atoms with Crippen LogP contribution in [0.25, 0.3) is 5.32 Å². The molecule has 0 fully saturated rings. The topological polar surface area (TPSA) is 14.1 Å². The highest BCUT2D eigenvalue weighted by atomic mass is 14.9. The lowest BCUT2D eigenvalue weighted by atomic mass is 10.4. The van der Waals surface area contributed by atoms with Gasteiger partial charge in [-0.25, -0.2) is 0 Å². The van der Waals surface area contributed by atoms with E-state index in [1.54, 1.807) is 0 Å². The molecule has 0 aliphatic carbocycles. The monoisotopic (exact) mass is 100 g/mol. The molecule has 0 saturated carbocycles. The third-order valence-electron chi connectivity index (χ3n) is 0.718. The molecule has 44 valence electrons. The van der Waals surface area contributed by atoms with Crippen molar-refractivity contribution in [3.8, 4) is 0 Å². The smallest absolute Gasteiger partial charge is 0.0670 e. The molecule has 1 heteroatoms. The van der Waals surface area contributed by atoms with Crippen LogP contribution in [-0.2, 0) is 0 Å². The van der Waals surface area contributed by atoms with Crippen LogP contribution in [0.4, 0.5) is 0 Å². The summed E-state index contributed by atoms with van der Waals surface area (Å²) in [6, 6.07) is 0.528. The first kappa shape index (κ1) is 6.96. The van der Waals surface area contributed by atoms with Crippen molar-refractivity contribution in [3.63, 3.8) is 0 Å².